The quantitative estimate of drug-likeness (QED) is 0.760. The Balaban J connectivity index is 1.67. The van der Waals surface area contributed by atoms with Crippen LogP contribution in [0.15, 0.2) is 11.1 Å². The summed E-state index contributed by atoms with van der Waals surface area (Å²) in [5.74, 6) is -0.139. The number of nitrogens with one attached hydrogen (secondary N) is 2. The fraction of sp³-hybridized carbons (Fsp3) is 0.643. The molecule has 7 heteroatoms. The molecule has 2 aliphatic rings. The van der Waals surface area contributed by atoms with Crippen LogP contribution >= 0.6 is 0 Å². The highest BCUT2D eigenvalue weighted by molar-refractivity contribution is 5.76. The molecule has 7 nitrogen and oxygen atoms in total. The smallest absolute Gasteiger partial charge is 0.257 e. The summed E-state index contributed by atoms with van der Waals surface area (Å²) in [6.07, 6.45) is 3.80. The van der Waals surface area contributed by atoms with Crippen molar-refractivity contribution in [3.63, 3.8) is 0 Å². The summed E-state index contributed by atoms with van der Waals surface area (Å²) in [7, 11) is 0. The van der Waals surface area contributed by atoms with Crippen molar-refractivity contribution in [1.82, 2.24) is 20.2 Å². The van der Waals surface area contributed by atoms with Gasteiger partial charge >= 0.3 is 0 Å². The lowest BCUT2D eigenvalue weighted by atomic mass is 10.1. The van der Waals surface area contributed by atoms with Gasteiger partial charge in [0.15, 0.2) is 0 Å². The number of hydrogen-bond acceptors (Lipinski definition) is 5. The van der Waals surface area contributed by atoms with Crippen molar-refractivity contribution in [3.8, 4) is 0 Å². The molecule has 1 amide bonds. The Morgan fingerprint density at radius 1 is 1.48 bits per heavy atom. The lowest BCUT2D eigenvalue weighted by molar-refractivity contribution is -0.123. The number of carbonyl (C=O) groups excluding carboxylic acids is 1. The number of carbonyl (C=O) groups is 1. The van der Waals surface area contributed by atoms with E-state index < -0.39 is 0 Å². The van der Waals surface area contributed by atoms with Crippen LogP contribution in [0.1, 0.15) is 24.1 Å². The first kappa shape index (κ1) is 14.2. The number of fused-ring (bicyclic) bond motifs is 1. The van der Waals surface area contributed by atoms with E-state index in [9.17, 15) is 9.59 Å². The maximum absolute atomic E-state index is 12.3. The van der Waals surface area contributed by atoms with Crippen LogP contribution in [0.25, 0.3) is 0 Å². The summed E-state index contributed by atoms with van der Waals surface area (Å²) in [5.41, 5.74) is 1.44. The second kappa shape index (κ2) is 6.36. The Bertz CT molecular complexity index is 578. The van der Waals surface area contributed by atoms with Crippen molar-refractivity contribution in [3.05, 3.63) is 27.9 Å². The normalized spacial score (nSPS) is 19.0. The van der Waals surface area contributed by atoms with Gasteiger partial charge in [-0.1, -0.05) is 0 Å². The van der Waals surface area contributed by atoms with E-state index in [4.69, 9.17) is 4.74 Å². The number of rotatable bonds is 3. The molecule has 0 unspecified atom stereocenters. The molecular weight excluding hydrogens is 272 g/mol. The third-order valence-electron chi connectivity index (χ3n) is 3.96. The van der Waals surface area contributed by atoms with Gasteiger partial charge in [0.2, 0.25) is 5.91 Å². The van der Waals surface area contributed by atoms with Gasteiger partial charge in [-0.05, 0) is 25.8 Å². The number of ether oxygens (including phenoxy) is 1. The molecule has 1 aromatic rings. The molecule has 2 aliphatic heterocycles. The molecule has 0 saturated carbocycles. The topological polar surface area (TPSA) is 85.2 Å². The Kier molecular flexibility index (Phi) is 4.31. The van der Waals surface area contributed by atoms with E-state index in [2.05, 4.69) is 15.6 Å². The molecule has 0 atom stereocenters. The summed E-state index contributed by atoms with van der Waals surface area (Å²) in [5, 5.41) is 6.14. The third kappa shape index (κ3) is 3.30. The Labute approximate surface area is 122 Å². The zero-order valence-corrected chi connectivity index (χ0v) is 11.9. The van der Waals surface area contributed by atoms with Crippen LogP contribution in [0, 0.1) is 0 Å². The molecular formula is C14H20N4O3. The van der Waals surface area contributed by atoms with Crippen molar-refractivity contribution in [2.24, 2.45) is 0 Å². The van der Waals surface area contributed by atoms with Gasteiger partial charge in [-0.25, -0.2) is 4.98 Å². The second-order valence-corrected chi connectivity index (χ2v) is 5.48. The van der Waals surface area contributed by atoms with Crippen LogP contribution in [-0.2, 0) is 29.0 Å². The van der Waals surface area contributed by atoms with Gasteiger partial charge in [-0.15, -0.1) is 0 Å². The maximum Gasteiger partial charge on any atom is 0.257 e. The first-order valence-corrected chi connectivity index (χ1v) is 7.39. The lowest BCUT2D eigenvalue weighted by Gasteiger charge is -2.23. The molecule has 3 heterocycles. The molecule has 1 aromatic heterocycles. The van der Waals surface area contributed by atoms with Crippen LogP contribution < -0.4 is 16.2 Å². The number of nitrogens with zero attached hydrogens (tertiary/aromatic N) is 2. The highest BCUT2D eigenvalue weighted by atomic mass is 16.5. The zero-order chi connectivity index (χ0) is 14.7. The summed E-state index contributed by atoms with van der Waals surface area (Å²) in [4.78, 5) is 28.7. The van der Waals surface area contributed by atoms with Gasteiger partial charge in [0.05, 0.1) is 12.0 Å². The summed E-state index contributed by atoms with van der Waals surface area (Å²) in [6.45, 7) is 2.79. The van der Waals surface area contributed by atoms with Gasteiger partial charge < -0.3 is 15.4 Å². The monoisotopic (exact) mass is 292 g/mol. The second-order valence-electron chi connectivity index (χ2n) is 5.48. The van der Waals surface area contributed by atoms with E-state index in [-0.39, 0.29) is 24.1 Å². The van der Waals surface area contributed by atoms with Crippen molar-refractivity contribution < 1.29 is 9.53 Å². The Morgan fingerprint density at radius 2 is 2.29 bits per heavy atom. The van der Waals surface area contributed by atoms with Gasteiger partial charge in [-0.3, -0.25) is 14.2 Å². The highest BCUT2D eigenvalue weighted by Gasteiger charge is 2.19. The minimum absolute atomic E-state index is 0.0316. The molecule has 1 fully saturated rings. The lowest BCUT2D eigenvalue weighted by Crippen LogP contribution is -2.42. The first-order chi connectivity index (χ1) is 10.2. The SMILES string of the molecule is O=C(Cn1cnc2c(c1=O)CCNC2)NC1CCOCC1. The van der Waals surface area contributed by atoms with Gasteiger partial charge in [0.1, 0.15) is 6.54 Å². The molecule has 1 saturated heterocycles. The fourth-order valence-electron chi connectivity index (χ4n) is 2.77. The van der Waals surface area contributed by atoms with Crippen LogP contribution in [0.3, 0.4) is 0 Å². The van der Waals surface area contributed by atoms with E-state index in [1.54, 1.807) is 0 Å². The van der Waals surface area contributed by atoms with Crippen molar-refractivity contribution in [1.29, 1.82) is 0 Å². The van der Waals surface area contributed by atoms with Crippen molar-refractivity contribution >= 4 is 5.91 Å². The molecule has 0 spiro atoms. The van der Waals surface area contributed by atoms with Crippen molar-refractivity contribution in [2.45, 2.75) is 38.4 Å². The average molecular weight is 292 g/mol. The minimum atomic E-state index is -0.139. The molecule has 21 heavy (non-hydrogen) atoms. The van der Waals surface area contributed by atoms with Crippen LogP contribution in [0.5, 0.6) is 0 Å². The maximum atomic E-state index is 12.3. The fourth-order valence-corrected chi connectivity index (χ4v) is 2.77. The average Bonchev–Trinajstić information content (AvgIpc) is 2.51. The zero-order valence-electron chi connectivity index (χ0n) is 11.9. The summed E-state index contributed by atoms with van der Waals surface area (Å²) < 4.78 is 6.66. The van der Waals surface area contributed by atoms with Gasteiger partial charge in [-0.2, -0.15) is 0 Å². The Morgan fingerprint density at radius 3 is 3.10 bits per heavy atom. The van der Waals surface area contributed by atoms with Gasteiger partial charge in [0, 0.05) is 31.4 Å². The molecule has 114 valence electrons. The summed E-state index contributed by atoms with van der Waals surface area (Å²) >= 11 is 0. The van der Waals surface area contributed by atoms with E-state index in [0.717, 1.165) is 30.6 Å². The van der Waals surface area contributed by atoms with Crippen LogP contribution in [0.2, 0.25) is 0 Å². The number of hydrogen-bond donors (Lipinski definition) is 2. The molecule has 2 N–H and O–H groups in total. The Hall–Kier alpha value is -1.73. The van der Waals surface area contributed by atoms with Crippen molar-refractivity contribution in [2.75, 3.05) is 19.8 Å². The minimum Gasteiger partial charge on any atom is -0.381 e. The summed E-state index contributed by atoms with van der Waals surface area (Å²) in [6, 6.07) is 0.150. The predicted molar refractivity (Wildman–Crippen MR) is 75.9 cm³/mol. The van der Waals surface area contributed by atoms with E-state index >= 15 is 0 Å². The molecule has 0 radical (unpaired) electrons. The predicted octanol–water partition coefficient (Wildman–Crippen LogP) is -0.816. The highest BCUT2D eigenvalue weighted by Crippen LogP contribution is 2.07. The van der Waals surface area contributed by atoms with E-state index in [1.807, 2.05) is 0 Å². The number of amides is 1. The van der Waals surface area contributed by atoms with Crippen LogP contribution in [0.4, 0.5) is 0 Å². The van der Waals surface area contributed by atoms with Gasteiger partial charge in [0.25, 0.3) is 5.56 Å². The number of aromatic nitrogens is 2. The largest absolute Gasteiger partial charge is 0.381 e. The first-order valence-electron chi connectivity index (χ1n) is 7.39. The van der Waals surface area contributed by atoms with E-state index in [1.165, 1.54) is 10.9 Å². The standard InChI is InChI=1S/C14H20N4O3/c19-13(17-10-2-5-21-6-3-10)8-18-9-16-12-7-15-4-1-11(12)14(18)20/h9-10,15H,1-8H2,(H,17,19). The van der Waals surface area contributed by atoms with E-state index in [0.29, 0.717) is 26.2 Å². The van der Waals surface area contributed by atoms with Crippen LogP contribution in [-0.4, -0.2) is 41.3 Å². The third-order valence-corrected chi connectivity index (χ3v) is 3.96. The molecule has 0 aliphatic carbocycles. The molecule has 0 bridgehead atoms. The molecule has 3 rings (SSSR count). The molecule has 0 aromatic carbocycles.